The molecule has 124 valence electrons. The minimum atomic E-state index is -3.99. The van der Waals surface area contributed by atoms with E-state index >= 15 is 0 Å². The van der Waals surface area contributed by atoms with Crippen molar-refractivity contribution in [3.63, 3.8) is 0 Å². The van der Waals surface area contributed by atoms with E-state index in [0.717, 1.165) is 32.5 Å². The summed E-state index contributed by atoms with van der Waals surface area (Å²) < 4.78 is 38.3. The maximum absolute atomic E-state index is 12.8. The Morgan fingerprint density at radius 3 is 2.33 bits per heavy atom. The average Bonchev–Trinajstić information content (AvgIpc) is 2.95. The lowest BCUT2D eigenvalue weighted by molar-refractivity contribution is -0.184. The molecular formula is C16H29F3N2. The molecule has 0 radical (unpaired) electrons. The van der Waals surface area contributed by atoms with Gasteiger partial charge >= 0.3 is 6.18 Å². The quantitative estimate of drug-likeness (QED) is 0.799. The molecular weight excluding hydrogens is 277 g/mol. The van der Waals surface area contributed by atoms with Crippen LogP contribution in [-0.4, -0.2) is 42.8 Å². The smallest absolute Gasteiger partial charge is 0.313 e. The van der Waals surface area contributed by atoms with Crippen molar-refractivity contribution in [2.24, 2.45) is 5.92 Å². The zero-order valence-corrected chi connectivity index (χ0v) is 13.1. The largest absolute Gasteiger partial charge is 0.391 e. The van der Waals surface area contributed by atoms with Crippen LogP contribution in [0.25, 0.3) is 0 Å². The fourth-order valence-electron chi connectivity index (χ4n) is 3.75. The van der Waals surface area contributed by atoms with E-state index in [-0.39, 0.29) is 0 Å². The molecule has 1 atom stereocenters. The van der Waals surface area contributed by atoms with Gasteiger partial charge in [-0.25, -0.2) is 0 Å². The Kier molecular flexibility index (Phi) is 6.35. The summed E-state index contributed by atoms with van der Waals surface area (Å²) in [5.41, 5.74) is 0. The molecule has 2 aliphatic rings. The summed E-state index contributed by atoms with van der Waals surface area (Å²) in [4.78, 5) is 2.47. The molecule has 0 amide bonds. The second-order valence-corrected chi connectivity index (χ2v) is 6.69. The van der Waals surface area contributed by atoms with Crippen molar-refractivity contribution >= 4 is 0 Å². The van der Waals surface area contributed by atoms with Crippen molar-refractivity contribution < 1.29 is 13.2 Å². The SMILES string of the molecule is CCCCN(CC1CCCN1)C1CCC(C(F)(F)F)CC1. The topological polar surface area (TPSA) is 15.3 Å². The summed E-state index contributed by atoms with van der Waals surface area (Å²) in [5, 5.41) is 3.51. The second kappa shape index (κ2) is 7.82. The molecule has 1 aliphatic heterocycles. The van der Waals surface area contributed by atoms with Gasteiger partial charge < -0.3 is 5.32 Å². The lowest BCUT2D eigenvalue weighted by Crippen LogP contribution is -2.46. The first-order chi connectivity index (χ1) is 10.0. The zero-order valence-electron chi connectivity index (χ0n) is 13.1. The molecule has 0 aromatic carbocycles. The van der Waals surface area contributed by atoms with Gasteiger partial charge in [0.15, 0.2) is 0 Å². The number of halogens is 3. The van der Waals surface area contributed by atoms with Gasteiger partial charge in [0, 0.05) is 18.6 Å². The molecule has 1 N–H and O–H groups in total. The molecule has 0 aromatic rings. The van der Waals surface area contributed by atoms with E-state index in [9.17, 15) is 13.2 Å². The standard InChI is InChI=1S/C16H29F3N2/c1-2-3-11-21(12-14-5-4-10-20-14)15-8-6-13(7-9-15)16(17,18)19/h13-15,20H,2-12H2,1H3. The number of rotatable bonds is 6. The van der Waals surface area contributed by atoms with Crippen molar-refractivity contribution in [3.05, 3.63) is 0 Å². The van der Waals surface area contributed by atoms with Gasteiger partial charge in [-0.1, -0.05) is 13.3 Å². The number of hydrogen-bond acceptors (Lipinski definition) is 2. The molecule has 1 unspecified atom stereocenters. The molecule has 0 bridgehead atoms. The van der Waals surface area contributed by atoms with E-state index in [4.69, 9.17) is 0 Å². The molecule has 21 heavy (non-hydrogen) atoms. The minimum absolute atomic E-state index is 0.314. The normalized spacial score (nSPS) is 31.0. The lowest BCUT2D eigenvalue weighted by Gasteiger charge is -2.38. The van der Waals surface area contributed by atoms with E-state index in [2.05, 4.69) is 17.1 Å². The van der Waals surface area contributed by atoms with E-state index in [1.54, 1.807) is 0 Å². The molecule has 1 aliphatic carbocycles. The molecule has 0 spiro atoms. The zero-order chi connectivity index (χ0) is 15.3. The Balaban J connectivity index is 1.85. The average molecular weight is 306 g/mol. The van der Waals surface area contributed by atoms with E-state index in [1.165, 1.54) is 12.8 Å². The van der Waals surface area contributed by atoms with Crippen LogP contribution in [-0.2, 0) is 0 Å². The van der Waals surface area contributed by atoms with Gasteiger partial charge in [0.2, 0.25) is 0 Å². The number of alkyl halides is 3. The Hall–Kier alpha value is -0.290. The first kappa shape index (κ1) is 17.1. The predicted octanol–water partition coefficient (Wildman–Crippen LogP) is 3.96. The van der Waals surface area contributed by atoms with E-state index in [0.29, 0.717) is 37.8 Å². The predicted molar refractivity (Wildman–Crippen MR) is 79.3 cm³/mol. The molecule has 5 heteroatoms. The van der Waals surface area contributed by atoms with Crippen LogP contribution in [0.3, 0.4) is 0 Å². The molecule has 2 rings (SSSR count). The third-order valence-corrected chi connectivity index (χ3v) is 5.09. The van der Waals surface area contributed by atoms with Crippen molar-refractivity contribution in [2.75, 3.05) is 19.6 Å². The van der Waals surface area contributed by atoms with E-state index < -0.39 is 12.1 Å². The van der Waals surface area contributed by atoms with Crippen LogP contribution in [0, 0.1) is 5.92 Å². The van der Waals surface area contributed by atoms with Crippen molar-refractivity contribution in [1.82, 2.24) is 10.2 Å². The highest BCUT2D eigenvalue weighted by atomic mass is 19.4. The maximum Gasteiger partial charge on any atom is 0.391 e. The van der Waals surface area contributed by atoms with Crippen LogP contribution in [0.15, 0.2) is 0 Å². The highest BCUT2D eigenvalue weighted by Gasteiger charge is 2.42. The van der Waals surface area contributed by atoms with Gasteiger partial charge in [-0.3, -0.25) is 4.90 Å². The summed E-state index contributed by atoms with van der Waals surface area (Å²) in [7, 11) is 0. The molecule has 0 aromatic heterocycles. The van der Waals surface area contributed by atoms with Gasteiger partial charge in [-0.15, -0.1) is 0 Å². The van der Waals surface area contributed by atoms with Crippen LogP contribution in [0.5, 0.6) is 0 Å². The van der Waals surface area contributed by atoms with Crippen LogP contribution < -0.4 is 5.32 Å². The van der Waals surface area contributed by atoms with Crippen molar-refractivity contribution in [3.8, 4) is 0 Å². The van der Waals surface area contributed by atoms with Crippen LogP contribution in [0.1, 0.15) is 58.3 Å². The first-order valence-electron chi connectivity index (χ1n) is 8.55. The van der Waals surface area contributed by atoms with Crippen LogP contribution in [0.4, 0.5) is 13.2 Å². The first-order valence-corrected chi connectivity index (χ1v) is 8.55. The second-order valence-electron chi connectivity index (χ2n) is 6.69. The number of hydrogen-bond donors (Lipinski definition) is 1. The highest BCUT2D eigenvalue weighted by Crippen LogP contribution is 2.38. The summed E-state index contributed by atoms with van der Waals surface area (Å²) in [6.07, 6.45) is 2.78. The summed E-state index contributed by atoms with van der Waals surface area (Å²) in [6, 6.07) is 0.903. The Morgan fingerprint density at radius 2 is 1.81 bits per heavy atom. The highest BCUT2D eigenvalue weighted by molar-refractivity contribution is 4.86. The minimum Gasteiger partial charge on any atom is -0.313 e. The van der Waals surface area contributed by atoms with E-state index in [1.807, 2.05) is 0 Å². The Morgan fingerprint density at radius 1 is 1.10 bits per heavy atom. The lowest BCUT2D eigenvalue weighted by atomic mass is 9.84. The van der Waals surface area contributed by atoms with Crippen LogP contribution in [0.2, 0.25) is 0 Å². The number of nitrogens with zero attached hydrogens (tertiary/aromatic N) is 1. The summed E-state index contributed by atoms with van der Waals surface area (Å²) >= 11 is 0. The number of unbranched alkanes of at least 4 members (excludes halogenated alkanes) is 1. The third kappa shape index (κ3) is 5.13. The molecule has 1 heterocycles. The maximum atomic E-state index is 12.8. The third-order valence-electron chi connectivity index (χ3n) is 5.09. The van der Waals surface area contributed by atoms with Gasteiger partial charge in [0.05, 0.1) is 5.92 Å². The molecule has 1 saturated heterocycles. The Bertz CT molecular complexity index is 292. The molecule has 2 fully saturated rings. The van der Waals surface area contributed by atoms with Gasteiger partial charge in [0.1, 0.15) is 0 Å². The Labute approximate surface area is 126 Å². The fourth-order valence-corrected chi connectivity index (χ4v) is 3.75. The monoisotopic (exact) mass is 306 g/mol. The van der Waals surface area contributed by atoms with Crippen LogP contribution >= 0.6 is 0 Å². The van der Waals surface area contributed by atoms with Crippen molar-refractivity contribution in [2.45, 2.75) is 76.6 Å². The summed E-state index contributed by atoms with van der Waals surface area (Å²) in [6.45, 7) is 5.32. The summed E-state index contributed by atoms with van der Waals surface area (Å²) in [5.74, 6) is -1.06. The molecule has 1 saturated carbocycles. The van der Waals surface area contributed by atoms with Crippen molar-refractivity contribution in [1.29, 1.82) is 0 Å². The van der Waals surface area contributed by atoms with Gasteiger partial charge in [-0.05, 0) is 58.0 Å². The number of nitrogens with one attached hydrogen (secondary N) is 1. The fraction of sp³-hybridized carbons (Fsp3) is 1.00. The molecule has 2 nitrogen and oxygen atoms in total. The van der Waals surface area contributed by atoms with Gasteiger partial charge in [-0.2, -0.15) is 13.2 Å². The van der Waals surface area contributed by atoms with Gasteiger partial charge in [0.25, 0.3) is 0 Å².